The molecular weight excluding hydrogens is 287 g/mol. The fourth-order valence-corrected chi connectivity index (χ4v) is 2.56. The maximum absolute atomic E-state index is 13.9. The predicted molar refractivity (Wildman–Crippen MR) is 87.7 cm³/mol. The Morgan fingerprint density at radius 2 is 1.81 bits per heavy atom. The Bertz CT molecular complexity index is 576. The Morgan fingerprint density at radius 3 is 2.33 bits per heavy atom. The highest BCUT2D eigenvalue weighted by molar-refractivity contribution is 6.31. The lowest BCUT2D eigenvalue weighted by molar-refractivity contribution is 0.554. The summed E-state index contributed by atoms with van der Waals surface area (Å²) in [6, 6.07) is 13.1. The molecule has 0 radical (unpaired) electrons. The number of nitrogens with one attached hydrogen (secondary N) is 1. The van der Waals surface area contributed by atoms with Crippen LogP contribution in [0.3, 0.4) is 0 Å². The van der Waals surface area contributed by atoms with Gasteiger partial charge in [0.2, 0.25) is 0 Å². The minimum atomic E-state index is -0.257. The molecule has 0 amide bonds. The largest absolute Gasteiger partial charge is 0.378 e. The van der Waals surface area contributed by atoms with Crippen molar-refractivity contribution in [3.63, 3.8) is 0 Å². The third-order valence-corrected chi connectivity index (χ3v) is 3.98. The number of rotatable bonds is 5. The highest BCUT2D eigenvalue weighted by atomic mass is 35.5. The van der Waals surface area contributed by atoms with Crippen molar-refractivity contribution < 1.29 is 4.39 Å². The average molecular weight is 307 g/mol. The lowest BCUT2D eigenvalue weighted by atomic mass is 9.98. The molecule has 0 spiro atoms. The second kappa shape index (κ2) is 6.92. The molecule has 4 heteroatoms. The van der Waals surface area contributed by atoms with E-state index in [2.05, 4.69) is 29.6 Å². The molecule has 0 saturated carbocycles. The summed E-state index contributed by atoms with van der Waals surface area (Å²) in [6.07, 6.45) is 0.517. The summed E-state index contributed by atoms with van der Waals surface area (Å²) in [5.41, 5.74) is 2.80. The van der Waals surface area contributed by atoms with Gasteiger partial charge in [-0.1, -0.05) is 29.8 Å². The van der Waals surface area contributed by atoms with E-state index in [0.29, 0.717) is 17.0 Å². The van der Waals surface area contributed by atoms with E-state index < -0.39 is 0 Å². The van der Waals surface area contributed by atoms with Gasteiger partial charge in [-0.05, 0) is 43.3 Å². The SMILES string of the molecule is CNC(Cc1c(F)cccc1Cl)c1ccc(N(C)C)cc1. The fraction of sp³-hybridized carbons (Fsp3) is 0.294. The molecule has 2 aromatic rings. The van der Waals surface area contributed by atoms with E-state index in [-0.39, 0.29) is 11.9 Å². The standard InChI is InChI=1S/C17H20ClFN2/c1-20-17(11-14-15(18)5-4-6-16(14)19)12-7-9-13(10-8-12)21(2)3/h4-10,17,20H,11H2,1-3H3. The Morgan fingerprint density at radius 1 is 1.14 bits per heavy atom. The topological polar surface area (TPSA) is 15.3 Å². The van der Waals surface area contributed by atoms with Crippen LogP contribution in [0.15, 0.2) is 42.5 Å². The first-order chi connectivity index (χ1) is 10.0. The molecule has 112 valence electrons. The third-order valence-electron chi connectivity index (χ3n) is 3.63. The molecule has 1 atom stereocenters. The molecule has 0 aliphatic rings. The predicted octanol–water partition coefficient (Wildman–Crippen LogP) is 4.05. The average Bonchev–Trinajstić information content (AvgIpc) is 2.47. The van der Waals surface area contributed by atoms with Crippen LogP contribution in [0.1, 0.15) is 17.2 Å². The highest BCUT2D eigenvalue weighted by Gasteiger charge is 2.15. The van der Waals surface area contributed by atoms with Crippen LogP contribution >= 0.6 is 11.6 Å². The zero-order valence-electron chi connectivity index (χ0n) is 12.5. The zero-order chi connectivity index (χ0) is 15.4. The van der Waals surface area contributed by atoms with Gasteiger partial charge < -0.3 is 10.2 Å². The summed E-state index contributed by atoms with van der Waals surface area (Å²) < 4.78 is 13.9. The molecule has 0 fully saturated rings. The number of anilines is 1. The van der Waals surface area contributed by atoms with Crippen molar-refractivity contribution in [3.05, 3.63) is 64.4 Å². The second-order valence-electron chi connectivity index (χ2n) is 5.23. The minimum absolute atomic E-state index is 0.0237. The molecule has 0 aliphatic carbocycles. The molecule has 0 aliphatic heterocycles. The van der Waals surface area contributed by atoms with Crippen LogP contribution in [0.5, 0.6) is 0 Å². The number of hydrogen-bond donors (Lipinski definition) is 1. The first kappa shape index (κ1) is 15.8. The number of hydrogen-bond acceptors (Lipinski definition) is 2. The molecule has 0 saturated heterocycles. The molecule has 2 nitrogen and oxygen atoms in total. The van der Waals surface area contributed by atoms with Crippen LogP contribution in [0, 0.1) is 5.82 Å². The van der Waals surface area contributed by atoms with Crippen molar-refractivity contribution in [2.45, 2.75) is 12.5 Å². The minimum Gasteiger partial charge on any atom is -0.378 e. The molecule has 0 bridgehead atoms. The van der Waals surface area contributed by atoms with Crippen molar-refractivity contribution in [2.24, 2.45) is 0 Å². The highest BCUT2D eigenvalue weighted by Crippen LogP contribution is 2.26. The number of nitrogens with zero attached hydrogens (tertiary/aromatic N) is 1. The van der Waals surface area contributed by atoms with Gasteiger partial charge in [-0.2, -0.15) is 0 Å². The summed E-state index contributed by atoms with van der Waals surface area (Å²) in [5.74, 6) is -0.257. The van der Waals surface area contributed by atoms with Crippen LogP contribution < -0.4 is 10.2 Å². The maximum Gasteiger partial charge on any atom is 0.127 e. The van der Waals surface area contributed by atoms with E-state index in [1.165, 1.54) is 6.07 Å². The molecule has 0 heterocycles. The molecule has 21 heavy (non-hydrogen) atoms. The van der Waals surface area contributed by atoms with Gasteiger partial charge in [0.15, 0.2) is 0 Å². The summed E-state index contributed by atoms with van der Waals surface area (Å²) in [5, 5.41) is 3.70. The number of halogens is 2. The molecule has 1 unspecified atom stereocenters. The number of benzene rings is 2. The zero-order valence-corrected chi connectivity index (χ0v) is 13.3. The quantitative estimate of drug-likeness (QED) is 0.896. The van der Waals surface area contributed by atoms with Gasteiger partial charge in [-0.25, -0.2) is 4.39 Å². The summed E-state index contributed by atoms with van der Waals surface area (Å²) in [6.45, 7) is 0. The maximum atomic E-state index is 13.9. The van der Waals surface area contributed by atoms with Crippen LogP contribution in [-0.4, -0.2) is 21.1 Å². The summed E-state index contributed by atoms with van der Waals surface area (Å²) in [7, 11) is 5.88. The molecule has 2 rings (SSSR count). The van der Waals surface area contributed by atoms with Gasteiger partial charge in [-0.3, -0.25) is 0 Å². The first-order valence-electron chi connectivity index (χ1n) is 6.90. The van der Waals surface area contributed by atoms with Crippen molar-refractivity contribution >= 4 is 17.3 Å². The summed E-state index contributed by atoms with van der Waals surface area (Å²) >= 11 is 6.11. The van der Waals surface area contributed by atoms with Crippen molar-refractivity contribution in [3.8, 4) is 0 Å². The van der Waals surface area contributed by atoms with E-state index >= 15 is 0 Å². The smallest absolute Gasteiger partial charge is 0.127 e. The monoisotopic (exact) mass is 306 g/mol. The van der Waals surface area contributed by atoms with Gasteiger partial charge >= 0.3 is 0 Å². The van der Waals surface area contributed by atoms with Crippen molar-refractivity contribution in [1.29, 1.82) is 0 Å². The van der Waals surface area contributed by atoms with E-state index in [4.69, 9.17) is 11.6 Å². The summed E-state index contributed by atoms with van der Waals surface area (Å²) in [4.78, 5) is 2.05. The Kier molecular flexibility index (Phi) is 5.21. The third kappa shape index (κ3) is 3.74. The van der Waals surface area contributed by atoms with E-state index in [0.717, 1.165) is 11.3 Å². The van der Waals surface area contributed by atoms with E-state index in [1.54, 1.807) is 12.1 Å². The lowest BCUT2D eigenvalue weighted by Crippen LogP contribution is -2.19. The van der Waals surface area contributed by atoms with E-state index in [9.17, 15) is 4.39 Å². The Labute approximate surface area is 130 Å². The van der Waals surface area contributed by atoms with Gasteiger partial charge in [0.05, 0.1) is 0 Å². The van der Waals surface area contributed by atoms with Gasteiger partial charge in [0.25, 0.3) is 0 Å². The van der Waals surface area contributed by atoms with E-state index in [1.807, 2.05) is 26.0 Å². The van der Waals surface area contributed by atoms with Crippen LogP contribution in [-0.2, 0) is 6.42 Å². The van der Waals surface area contributed by atoms with Crippen LogP contribution in [0.4, 0.5) is 10.1 Å². The second-order valence-corrected chi connectivity index (χ2v) is 5.64. The normalized spacial score (nSPS) is 12.2. The van der Waals surface area contributed by atoms with Gasteiger partial charge in [-0.15, -0.1) is 0 Å². The molecular formula is C17H20ClFN2. The van der Waals surface area contributed by atoms with Gasteiger partial charge in [0.1, 0.15) is 5.82 Å². The lowest BCUT2D eigenvalue weighted by Gasteiger charge is -2.19. The van der Waals surface area contributed by atoms with Crippen LogP contribution in [0.2, 0.25) is 5.02 Å². The Hall–Kier alpha value is -1.58. The van der Waals surface area contributed by atoms with Crippen molar-refractivity contribution in [2.75, 3.05) is 26.0 Å². The molecule has 1 N–H and O–H groups in total. The first-order valence-corrected chi connectivity index (χ1v) is 7.28. The number of likely N-dealkylation sites (N-methyl/N-ethyl adjacent to an activating group) is 1. The molecule has 0 aromatic heterocycles. The fourth-order valence-electron chi connectivity index (χ4n) is 2.32. The van der Waals surface area contributed by atoms with Crippen molar-refractivity contribution in [1.82, 2.24) is 5.32 Å². The van der Waals surface area contributed by atoms with Gasteiger partial charge in [0, 0.05) is 36.4 Å². The Balaban J connectivity index is 2.24. The van der Waals surface area contributed by atoms with Crippen LogP contribution in [0.25, 0.3) is 0 Å². The molecule has 2 aromatic carbocycles.